The summed E-state index contributed by atoms with van der Waals surface area (Å²) < 4.78 is 3.38. The first-order valence-corrected chi connectivity index (χ1v) is 9.23. The zero-order valence-corrected chi connectivity index (χ0v) is 14.7. The molecule has 0 spiro atoms. The van der Waals surface area contributed by atoms with Gasteiger partial charge in [0, 0.05) is 11.4 Å². The Morgan fingerprint density at radius 1 is 1.42 bits per heavy atom. The summed E-state index contributed by atoms with van der Waals surface area (Å²) in [7, 11) is 0. The first-order chi connectivity index (χ1) is 11.7. The Hall–Kier alpha value is -2.09. The molecule has 4 rings (SSSR count). The highest BCUT2D eigenvalue weighted by molar-refractivity contribution is 7.18. The smallest absolute Gasteiger partial charge is 0.262 e. The van der Waals surface area contributed by atoms with Gasteiger partial charge in [-0.25, -0.2) is 9.67 Å². The lowest BCUT2D eigenvalue weighted by molar-refractivity contribution is 0.509. The van der Waals surface area contributed by atoms with Crippen molar-refractivity contribution < 1.29 is 0 Å². The fourth-order valence-electron chi connectivity index (χ4n) is 3.35. The summed E-state index contributed by atoms with van der Waals surface area (Å²) >= 11 is 1.68. The van der Waals surface area contributed by atoms with Gasteiger partial charge in [-0.2, -0.15) is 0 Å². The number of tetrazole rings is 1. The molecule has 0 unspecified atom stereocenters. The predicted molar refractivity (Wildman–Crippen MR) is 92.3 cm³/mol. The van der Waals surface area contributed by atoms with Crippen molar-refractivity contribution >= 4 is 21.6 Å². The highest BCUT2D eigenvalue weighted by Gasteiger charge is 2.23. The zero-order chi connectivity index (χ0) is 16.7. The summed E-state index contributed by atoms with van der Waals surface area (Å²) in [4.78, 5) is 19.7. The maximum atomic E-state index is 13.0. The standard InChI is InChI=1S/C16H20N6OS/c1-3-6-22-13(18-19-20-22)8-21-9-17-15-14(16(21)23)11-5-4-10(2)7-12(11)24-15/h9-10H,3-8H2,1-2H3/t10-/m1/s1. The quantitative estimate of drug-likeness (QED) is 0.723. The topological polar surface area (TPSA) is 78.5 Å². The van der Waals surface area contributed by atoms with E-state index >= 15 is 0 Å². The Morgan fingerprint density at radius 2 is 2.29 bits per heavy atom. The Balaban J connectivity index is 1.76. The SMILES string of the molecule is CCCn1nnnc1Cn1cnc2sc3c(c2c1=O)CC[C@@H](C)C3. The Labute approximate surface area is 143 Å². The van der Waals surface area contributed by atoms with Gasteiger partial charge in [-0.05, 0) is 47.6 Å². The Morgan fingerprint density at radius 3 is 3.12 bits per heavy atom. The Kier molecular flexibility index (Phi) is 3.91. The fourth-order valence-corrected chi connectivity index (χ4v) is 4.69. The van der Waals surface area contributed by atoms with Crippen molar-refractivity contribution in [2.45, 2.75) is 52.6 Å². The van der Waals surface area contributed by atoms with E-state index in [1.807, 2.05) is 0 Å². The van der Waals surface area contributed by atoms with E-state index in [1.54, 1.807) is 26.9 Å². The van der Waals surface area contributed by atoms with Crippen LogP contribution in [0.25, 0.3) is 10.2 Å². The van der Waals surface area contributed by atoms with Crippen molar-refractivity contribution in [2.24, 2.45) is 5.92 Å². The molecule has 3 aromatic heterocycles. The number of aromatic nitrogens is 6. The second-order valence-electron chi connectivity index (χ2n) is 6.53. The van der Waals surface area contributed by atoms with E-state index < -0.39 is 0 Å². The van der Waals surface area contributed by atoms with Crippen LogP contribution in [-0.4, -0.2) is 29.8 Å². The molecule has 1 aliphatic carbocycles. The molecule has 1 aliphatic rings. The molecule has 24 heavy (non-hydrogen) atoms. The van der Waals surface area contributed by atoms with Gasteiger partial charge in [0.15, 0.2) is 5.82 Å². The van der Waals surface area contributed by atoms with Crippen molar-refractivity contribution in [2.75, 3.05) is 0 Å². The van der Waals surface area contributed by atoms with Crippen LogP contribution in [0.3, 0.4) is 0 Å². The van der Waals surface area contributed by atoms with Crippen molar-refractivity contribution in [3.63, 3.8) is 0 Å². The minimum atomic E-state index is 0.0260. The van der Waals surface area contributed by atoms with Gasteiger partial charge in [0.2, 0.25) is 0 Å². The summed E-state index contributed by atoms with van der Waals surface area (Å²) in [5, 5.41) is 12.6. The first-order valence-electron chi connectivity index (χ1n) is 8.42. The molecule has 0 N–H and O–H groups in total. The van der Waals surface area contributed by atoms with E-state index in [0.29, 0.717) is 18.3 Å². The molecular formula is C16H20N6OS. The van der Waals surface area contributed by atoms with Crippen LogP contribution >= 0.6 is 11.3 Å². The summed E-state index contributed by atoms with van der Waals surface area (Å²) in [5.74, 6) is 1.38. The molecule has 0 fully saturated rings. The van der Waals surface area contributed by atoms with Gasteiger partial charge in [-0.15, -0.1) is 16.4 Å². The third kappa shape index (κ3) is 2.54. The summed E-state index contributed by atoms with van der Waals surface area (Å²) in [5.41, 5.74) is 1.24. The van der Waals surface area contributed by atoms with Crippen molar-refractivity contribution in [3.05, 3.63) is 32.9 Å². The van der Waals surface area contributed by atoms with Crippen LogP contribution in [0, 0.1) is 5.92 Å². The summed E-state index contributed by atoms with van der Waals surface area (Å²) in [6, 6.07) is 0. The van der Waals surface area contributed by atoms with Crippen LogP contribution in [0.15, 0.2) is 11.1 Å². The largest absolute Gasteiger partial charge is 0.291 e. The van der Waals surface area contributed by atoms with E-state index in [0.717, 1.165) is 42.4 Å². The third-order valence-corrected chi connectivity index (χ3v) is 5.80. The number of nitrogens with zero attached hydrogens (tertiary/aromatic N) is 6. The zero-order valence-electron chi connectivity index (χ0n) is 13.9. The van der Waals surface area contributed by atoms with E-state index in [1.165, 1.54) is 10.4 Å². The lowest BCUT2D eigenvalue weighted by Crippen LogP contribution is -2.24. The van der Waals surface area contributed by atoms with Crippen molar-refractivity contribution in [3.8, 4) is 0 Å². The molecule has 3 heterocycles. The lowest BCUT2D eigenvalue weighted by Gasteiger charge is -2.17. The lowest BCUT2D eigenvalue weighted by atomic mass is 9.89. The maximum absolute atomic E-state index is 13.0. The number of hydrogen-bond donors (Lipinski definition) is 0. The summed E-state index contributed by atoms with van der Waals surface area (Å²) in [6.45, 7) is 5.45. The van der Waals surface area contributed by atoms with Crippen molar-refractivity contribution in [1.29, 1.82) is 0 Å². The minimum Gasteiger partial charge on any atom is -0.291 e. The van der Waals surface area contributed by atoms with E-state index in [2.05, 4.69) is 34.4 Å². The van der Waals surface area contributed by atoms with Gasteiger partial charge in [0.1, 0.15) is 4.83 Å². The average Bonchev–Trinajstić information content (AvgIpc) is 3.14. The fraction of sp³-hybridized carbons (Fsp3) is 0.562. The molecule has 126 valence electrons. The van der Waals surface area contributed by atoms with E-state index in [-0.39, 0.29) is 5.56 Å². The second-order valence-corrected chi connectivity index (χ2v) is 7.61. The van der Waals surface area contributed by atoms with Crippen molar-refractivity contribution in [1.82, 2.24) is 29.8 Å². The predicted octanol–water partition coefficient (Wildman–Crippen LogP) is 2.03. The number of hydrogen-bond acceptors (Lipinski definition) is 6. The molecule has 0 aromatic carbocycles. The maximum Gasteiger partial charge on any atom is 0.262 e. The van der Waals surface area contributed by atoms with Gasteiger partial charge in [0.05, 0.1) is 18.3 Å². The molecule has 8 heteroatoms. The molecule has 0 saturated carbocycles. The molecule has 7 nitrogen and oxygen atoms in total. The molecule has 0 amide bonds. The second kappa shape index (κ2) is 6.08. The number of thiophene rings is 1. The van der Waals surface area contributed by atoms with Gasteiger partial charge in [-0.1, -0.05) is 13.8 Å². The average molecular weight is 344 g/mol. The molecule has 3 aromatic rings. The monoisotopic (exact) mass is 344 g/mol. The van der Waals surface area contributed by atoms with Gasteiger partial charge in [-0.3, -0.25) is 9.36 Å². The molecule has 0 saturated heterocycles. The summed E-state index contributed by atoms with van der Waals surface area (Å²) in [6.07, 6.45) is 5.75. The van der Waals surface area contributed by atoms with Crippen LogP contribution in [0.2, 0.25) is 0 Å². The number of aryl methyl sites for hydroxylation is 2. The van der Waals surface area contributed by atoms with Crippen LogP contribution in [0.1, 0.15) is 43.0 Å². The van der Waals surface area contributed by atoms with Crippen LogP contribution in [0.4, 0.5) is 0 Å². The first kappa shape index (κ1) is 15.4. The molecular weight excluding hydrogens is 324 g/mol. The Bertz CT molecular complexity index is 940. The van der Waals surface area contributed by atoms with Crippen LogP contribution in [-0.2, 0) is 25.9 Å². The van der Waals surface area contributed by atoms with Gasteiger partial charge < -0.3 is 0 Å². The van der Waals surface area contributed by atoms with Crippen LogP contribution in [0.5, 0.6) is 0 Å². The van der Waals surface area contributed by atoms with E-state index in [9.17, 15) is 4.79 Å². The highest BCUT2D eigenvalue weighted by atomic mass is 32.1. The normalized spacial score (nSPS) is 17.3. The molecule has 0 radical (unpaired) electrons. The van der Waals surface area contributed by atoms with Crippen LogP contribution < -0.4 is 5.56 Å². The van der Waals surface area contributed by atoms with Gasteiger partial charge in [0.25, 0.3) is 5.56 Å². The third-order valence-electron chi connectivity index (χ3n) is 4.64. The highest BCUT2D eigenvalue weighted by Crippen LogP contribution is 2.35. The van der Waals surface area contributed by atoms with E-state index in [4.69, 9.17) is 0 Å². The molecule has 1 atom stereocenters. The van der Waals surface area contributed by atoms with Gasteiger partial charge >= 0.3 is 0 Å². The number of fused-ring (bicyclic) bond motifs is 3. The number of rotatable bonds is 4. The minimum absolute atomic E-state index is 0.0260. The molecule has 0 aliphatic heterocycles. The molecule has 0 bridgehead atoms.